The van der Waals surface area contributed by atoms with Crippen LogP contribution in [0.2, 0.25) is 0 Å². The largest absolute Gasteiger partial charge is 0.327 e. The second-order valence-corrected chi connectivity index (χ2v) is 3.91. The van der Waals surface area contributed by atoms with Crippen molar-refractivity contribution in [3.8, 4) is 0 Å². The first-order valence-corrected chi connectivity index (χ1v) is 5.01. The molecule has 0 saturated heterocycles. The lowest BCUT2D eigenvalue weighted by Gasteiger charge is -2.14. The number of nitrogens with two attached hydrogens (primary N) is 1. The molecule has 1 saturated carbocycles. The number of aromatic nitrogens is 1. The van der Waals surface area contributed by atoms with E-state index in [-0.39, 0.29) is 0 Å². The molecule has 1 heterocycles. The van der Waals surface area contributed by atoms with E-state index >= 15 is 0 Å². The summed E-state index contributed by atoms with van der Waals surface area (Å²) in [5.74, 6) is 0.697. The molecular weight excluding hydrogens is 160 g/mol. The quantitative estimate of drug-likeness (QED) is 0.745. The summed E-state index contributed by atoms with van der Waals surface area (Å²) in [6, 6.07) is 4.60. The molecule has 0 aliphatic heterocycles. The predicted molar refractivity (Wildman–Crippen MR) is 53.3 cm³/mol. The minimum Gasteiger partial charge on any atom is -0.327 e. The number of hydrogen-bond acceptors (Lipinski definition) is 2. The van der Waals surface area contributed by atoms with E-state index in [1.165, 1.54) is 24.8 Å². The fourth-order valence-electron chi connectivity index (χ4n) is 2.14. The maximum atomic E-state index is 6.01. The molecule has 1 aromatic heterocycles. The molecule has 0 aromatic carbocycles. The summed E-state index contributed by atoms with van der Waals surface area (Å²) >= 11 is 0. The first-order chi connectivity index (χ1) is 6.36. The summed E-state index contributed by atoms with van der Waals surface area (Å²) in [5, 5.41) is 0. The van der Waals surface area contributed by atoms with Crippen LogP contribution in [0.4, 0.5) is 0 Å². The zero-order chi connectivity index (χ0) is 9.10. The van der Waals surface area contributed by atoms with Gasteiger partial charge in [0.15, 0.2) is 0 Å². The Morgan fingerprint density at radius 2 is 2.08 bits per heavy atom. The molecule has 1 fully saturated rings. The fourth-order valence-corrected chi connectivity index (χ4v) is 2.14. The fraction of sp³-hybridized carbons (Fsp3) is 0.545. The highest BCUT2D eigenvalue weighted by atomic mass is 14.7. The molecule has 1 aliphatic rings. The lowest BCUT2D eigenvalue weighted by molar-refractivity contribution is 0.478. The Morgan fingerprint density at radius 1 is 1.31 bits per heavy atom. The van der Waals surface area contributed by atoms with Crippen LogP contribution < -0.4 is 5.73 Å². The average molecular weight is 176 g/mol. The molecule has 0 spiro atoms. The smallest absolute Gasteiger partial charge is 0.0270 e. The summed E-state index contributed by atoms with van der Waals surface area (Å²) in [5.41, 5.74) is 7.38. The lowest BCUT2D eigenvalue weighted by Crippen LogP contribution is -2.25. The first kappa shape index (κ1) is 8.70. The molecule has 0 bridgehead atoms. The number of hydrogen-bond donors (Lipinski definition) is 1. The van der Waals surface area contributed by atoms with Crippen molar-refractivity contribution in [3.05, 3.63) is 30.1 Å². The van der Waals surface area contributed by atoms with Crippen molar-refractivity contribution in [2.24, 2.45) is 11.7 Å². The Hall–Kier alpha value is -0.890. The molecule has 2 unspecified atom stereocenters. The molecule has 1 aromatic rings. The van der Waals surface area contributed by atoms with Crippen LogP contribution in [-0.4, -0.2) is 11.0 Å². The lowest BCUT2D eigenvalue weighted by atomic mass is 9.96. The van der Waals surface area contributed by atoms with Gasteiger partial charge in [0.1, 0.15) is 0 Å². The van der Waals surface area contributed by atoms with Crippen LogP contribution in [0.25, 0.3) is 0 Å². The van der Waals surface area contributed by atoms with Gasteiger partial charge in [0.05, 0.1) is 0 Å². The highest BCUT2D eigenvalue weighted by Gasteiger charge is 2.23. The third-order valence-corrected chi connectivity index (χ3v) is 2.97. The SMILES string of the molecule is NC1CCCC1Cc1ccncc1. The number of rotatable bonds is 2. The van der Waals surface area contributed by atoms with Gasteiger partial charge in [-0.3, -0.25) is 4.98 Å². The average Bonchev–Trinajstić information content (AvgIpc) is 2.54. The van der Waals surface area contributed by atoms with Crippen LogP contribution in [0.3, 0.4) is 0 Å². The van der Waals surface area contributed by atoms with Crippen LogP contribution >= 0.6 is 0 Å². The zero-order valence-corrected chi connectivity index (χ0v) is 7.82. The Bertz CT molecular complexity index is 258. The topological polar surface area (TPSA) is 38.9 Å². The molecule has 2 rings (SSSR count). The van der Waals surface area contributed by atoms with Crippen molar-refractivity contribution in [1.82, 2.24) is 4.98 Å². The molecule has 2 atom stereocenters. The summed E-state index contributed by atoms with van der Waals surface area (Å²) in [4.78, 5) is 4.01. The van der Waals surface area contributed by atoms with Crippen molar-refractivity contribution in [2.75, 3.05) is 0 Å². The monoisotopic (exact) mass is 176 g/mol. The summed E-state index contributed by atoms with van der Waals surface area (Å²) in [6.07, 6.45) is 8.64. The van der Waals surface area contributed by atoms with Gasteiger partial charge in [0, 0.05) is 18.4 Å². The second kappa shape index (κ2) is 3.88. The van der Waals surface area contributed by atoms with Crippen molar-refractivity contribution < 1.29 is 0 Å². The summed E-state index contributed by atoms with van der Waals surface area (Å²) < 4.78 is 0. The van der Waals surface area contributed by atoms with Gasteiger partial charge in [-0.15, -0.1) is 0 Å². The van der Waals surface area contributed by atoms with E-state index in [2.05, 4.69) is 17.1 Å². The Kier molecular flexibility index (Phi) is 2.60. The Morgan fingerprint density at radius 3 is 2.69 bits per heavy atom. The van der Waals surface area contributed by atoms with Gasteiger partial charge in [-0.2, -0.15) is 0 Å². The maximum absolute atomic E-state index is 6.01. The highest BCUT2D eigenvalue weighted by Crippen LogP contribution is 2.26. The molecule has 2 nitrogen and oxygen atoms in total. The van der Waals surface area contributed by atoms with Gasteiger partial charge in [0.25, 0.3) is 0 Å². The van der Waals surface area contributed by atoms with Crippen LogP contribution in [0.5, 0.6) is 0 Å². The van der Waals surface area contributed by atoms with E-state index in [1.54, 1.807) is 0 Å². The maximum Gasteiger partial charge on any atom is 0.0270 e. The molecule has 2 N–H and O–H groups in total. The first-order valence-electron chi connectivity index (χ1n) is 5.01. The molecular formula is C11H16N2. The summed E-state index contributed by atoms with van der Waals surface area (Å²) in [6.45, 7) is 0. The third-order valence-electron chi connectivity index (χ3n) is 2.97. The molecule has 0 amide bonds. The molecule has 0 radical (unpaired) electrons. The van der Waals surface area contributed by atoms with Gasteiger partial charge in [-0.05, 0) is 42.9 Å². The van der Waals surface area contributed by atoms with E-state index in [0.717, 1.165) is 6.42 Å². The third kappa shape index (κ3) is 2.07. The van der Waals surface area contributed by atoms with E-state index in [4.69, 9.17) is 5.73 Å². The Balaban J connectivity index is 1.98. The highest BCUT2D eigenvalue weighted by molar-refractivity contribution is 5.11. The van der Waals surface area contributed by atoms with E-state index < -0.39 is 0 Å². The van der Waals surface area contributed by atoms with Gasteiger partial charge >= 0.3 is 0 Å². The van der Waals surface area contributed by atoms with Crippen molar-refractivity contribution in [2.45, 2.75) is 31.7 Å². The van der Waals surface area contributed by atoms with E-state index in [1.807, 2.05) is 12.4 Å². The van der Waals surface area contributed by atoms with Crippen molar-refractivity contribution in [3.63, 3.8) is 0 Å². The van der Waals surface area contributed by atoms with Crippen LogP contribution in [0.15, 0.2) is 24.5 Å². The number of pyridine rings is 1. The van der Waals surface area contributed by atoms with Crippen LogP contribution in [0, 0.1) is 5.92 Å². The van der Waals surface area contributed by atoms with Gasteiger partial charge in [-0.1, -0.05) is 6.42 Å². The van der Waals surface area contributed by atoms with Crippen molar-refractivity contribution in [1.29, 1.82) is 0 Å². The Labute approximate surface area is 79.2 Å². The number of nitrogens with zero attached hydrogens (tertiary/aromatic N) is 1. The summed E-state index contributed by atoms with van der Waals surface area (Å²) in [7, 11) is 0. The van der Waals surface area contributed by atoms with E-state index in [9.17, 15) is 0 Å². The van der Waals surface area contributed by atoms with E-state index in [0.29, 0.717) is 12.0 Å². The van der Waals surface area contributed by atoms with Gasteiger partial charge in [-0.25, -0.2) is 0 Å². The van der Waals surface area contributed by atoms with Gasteiger partial charge in [0.2, 0.25) is 0 Å². The molecule has 13 heavy (non-hydrogen) atoms. The normalized spacial score (nSPS) is 27.8. The zero-order valence-electron chi connectivity index (χ0n) is 7.82. The van der Waals surface area contributed by atoms with Crippen LogP contribution in [0.1, 0.15) is 24.8 Å². The predicted octanol–water partition coefficient (Wildman–Crippen LogP) is 1.75. The van der Waals surface area contributed by atoms with Crippen LogP contribution in [-0.2, 0) is 6.42 Å². The molecule has 2 heteroatoms. The molecule has 1 aliphatic carbocycles. The van der Waals surface area contributed by atoms with Crippen molar-refractivity contribution >= 4 is 0 Å². The molecule has 70 valence electrons. The minimum atomic E-state index is 0.424. The van der Waals surface area contributed by atoms with Gasteiger partial charge < -0.3 is 5.73 Å². The standard InChI is InChI=1S/C11H16N2/c12-11-3-1-2-10(11)8-9-4-6-13-7-5-9/h4-7,10-11H,1-3,8,12H2. The second-order valence-electron chi connectivity index (χ2n) is 3.91. The minimum absolute atomic E-state index is 0.424.